The molecule has 0 saturated heterocycles. The lowest BCUT2D eigenvalue weighted by Gasteiger charge is -2.16. The Morgan fingerprint density at radius 2 is 1.45 bits per heavy atom. The van der Waals surface area contributed by atoms with Gasteiger partial charge in [-0.25, -0.2) is 4.39 Å². The highest BCUT2D eigenvalue weighted by atomic mass is 19.1. The first-order valence-electron chi connectivity index (χ1n) is 11.1. The van der Waals surface area contributed by atoms with Gasteiger partial charge in [0.1, 0.15) is 12.3 Å². The normalized spacial score (nSPS) is 18.2. The molecule has 1 aliphatic carbocycles. The first-order valence-corrected chi connectivity index (χ1v) is 11.1. The maximum Gasteiger partial charge on any atom is 0.194 e. The number of ketones is 1. The van der Waals surface area contributed by atoms with Gasteiger partial charge in [-0.2, -0.15) is 0 Å². The maximum atomic E-state index is 12.9. The van der Waals surface area contributed by atoms with Crippen LogP contribution >= 0.6 is 0 Å². The largest absolute Gasteiger partial charge is 0.487 e. The molecule has 29 heavy (non-hydrogen) atoms. The van der Waals surface area contributed by atoms with E-state index in [4.69, 9.17) is 4.74 Å². The van der Waals surface area contributed by atoms with Gasteiger partial charge in [-0.15, -0.1) is 0 Å². The molecule has 1 aliphatic rings. The molecular formula is C26H45FO2. The monoisotopic (exact) mass is 408 g/mol. The van der Waals surface area contributed by atoms with E-state index in [1.807, 2.05) is 27.7 Å². The molecule has 0 spiro atoms. The summed E-state index contributed by atoms with van der Waals surface area (Å²) < 4.78 is 18.5. The van der Waals surface area contributed by atoms with Crippen LogP contribution < -0.4 is 0 Å². The van der Waals surface area contributed by atoms with Gasteiger partial charge in [0.25, 0.3) is 0 Å². The molecule has 2 unspecified atom stereocenters. The molecule has 3 heteroatoms. The van der Waals surface area contributed by atoms with Gasteiger partial charge in [0, 0.05) is 13.3 Å². The van der Waals surface area contributed by atoms with E-state index in [9.17, 15) is 9.18 Å². The number of hydrogen-bond donors (Lipinski definition) is 0. The average molecular weight is 409 g/mol. The molecule has 1 fully saturated rings. The van der Waals surface area contributed by atoms with E-state index in [0.717, 1.165) is 24.3 Å². The second-order valence-corrected chi connectivity index (χ2v) is 8.06. The van der Waals surface area contributed by atoms with Crippen molar-refractivity contribution >= 4 is 5.78 Å². The van der Waals surface area contributed by atoms with E-state index in [-0.39, 0.29) is 11.9 Å². The van der Waals surface area contributed by atoms with Gasteiger partial charge in [-0.3, -0.25) is 4.79 Å². The molecule has 2 atom stereocenters. The topological polar surface area (TPSA) is 26.3 Å². The van der Waals surface area contributed by atoms with Crippen molar-refractivity contribution in [3.63, 3.8) is 0 Å². The van der Waals surface area contributed by atoms with Crippen LogP contribution in [-0.4, -0.2) is 18.1 Å². The highest BCUT2D eigenvalue weighted by Crippen LogP contribution is 2.27. The summed E-state index contributed by atoms with van der Waals surface area (Å²) in [4.78, 5) is 11.3. The zero-order valence-corrected chi connectivity index (χ0v) is 20.6. The number of alkyl halides is 1. The summed E-state index contributed by atoms with van der Waals surface area (Å²) in [5, 5.41) is 0. The summed E-state index contributed by atoms with van der Waals surface area (Å²) in [6, 6.07) is 8.48. The number of hydrogen-bond acceptors (Lipinski definition) is 2. The van der Waals surface area contributed by atoms with Crippen LogP contribution in [0, 0.1) is 19.8 Å². The van der Waals surface area contributed by atoms with Gasteiger partial charge in [0.05, 0.1) is 0 Å². The number of carbonyl (C=O) groups is 1. The quantitative estimate of drug-likeness (QED) is 0.371. The number of allylic oxidation sites excluding steroid dienone is 2. The Morgan fingerprint density at radius 1 is 1.03 bits per heavy atom. The van der Waals surface area contributed by atoms with Gasteiger partial charge >= 0.3 is 0 Å². The fraction of sp³-hybridized carbons (Fsp3) is 0.654. The number of aryl methyl sites for hydroxylation is 2. The highest BCUT2D eigenvalue weighted by Gasteiger charge is 2.27. The van der Waals surface area contributed by atoms with Crippen LogP contribution in [0.25, 0.3) is 0 Å². The van der Waals surface area contributed by atoms with E-state index in [1.165, 1.54) is 18.1 Å². The highest BCUT2D eigenvalue weighted by molar-refractivity contribution is 5.91. The Morgan fingerprint density at radius 3 is 1.72 bits per heavy atom. The van der Waals surface area contributed by atoms with Crippen molar-refractivity contribution in [1.82, 2.24) is 0 Å². The van der Waals surface area contributed by atoms with Crippen molar-refractivity contribution in [2.75, 3.05) is 0 Å². The SMILES string of the molecule is CC.CC(C)C.CC/C(C)=C(/OC1CCC(F)C1)C(C)=O.Cc1ccc(C)cc1. The minimum atomic E-state index is -0.759. The van der Waals surface area contributed by atoms with Gasteiger partial charge < -0.3 is 4.74 Å². The number of halogens is 1. The van der Waals surface area contributed by atoms with E-state index in [0.29, 0.717) is 18.6 Å². The lowest BCUT2D eigenvalue weighted by atomic mass is 10.1. The van der Waals surface area contributed by atoms with Gasteiger partial charge in [-0.1, -0.05) is 76.9 Å². The zero-order chi connectivity index (χ0) is 23.0. The van der Waals surface area contributed by atoms with Crippen LogP contribution in [0.1, 0.15) is 92.2 Å². The molecule has 0 amide bonds. The summed E-state index contributed by atoms with van der Waals surface area (Å²) in [7, 11) is 0. The Hall–Kier alpha value is -1.64. The second kappa shape index (κ2) is 17.2. The maximum absolute atomic E-state index is 12.9. The van der Waals surface area contributed by atoms with Crippen molar-refractivity contribution in [3.8, 4) is 0 Å². The van der Waals surface area contributed by atoms with Gasteiger partial charge in [0.2, 0.25) is 0 Å². The third-order valence-electron chi connectivity index (χ3n) is 4.06. The number of Topliss-reactive ketones (excluding diaryl/α,β-unsaturated/α-hetero) is 1. The molecule has 1 aromatic carbocycles. The van der Waals surface area contributed by atoms with E-state index >= 15 is 0 Å². The van der Waals surface area contributed by atoms with Crippen LogP contribution in [-0.2, 0) is 9.53 Å². The summed E-state index contributed by atoms with van der Waals surface area (Å²) in [6.07, 6.45) is 1.62. The Kier molecular flexibility index (Phi) is 17.6. The minimum absolute atomic E-state index is 0.0586. The van der Waals surface area contributed by atoms with Gasteiger partial charge in [0.15, 0.2) is 11.5 Å². The number of carbonyl (C=O) groups excluding carboxylic acids is 1. The van der Waals surface area contributed by atoms with Crippen molar-refractivity contribution in [2.24, 2.45) is 5.92 Å². The fourth-order valence-corrected chi connectivity index (χ4v) is 2.44. The van der Waals surface area contributed by atoms with Gasteiger partial charge in [-0.05, 0) is 51.5 Å². The van der Waals surface area contributed by atoms with Crippen LogP contribution in [0.4, 0.5) is 4.39 Å². The molecule has 0 aromatic heterocycles. The average Bonchev–Trinajstić information content (AvgIpc) is 3.08. The lowest BCUT2D eigenvalue weighted by molar-refractivity contribution is -0.118. The molecule has 0 radical (unpaired) electrons. The molecule has 0 N–H and O–H groups in total. The van der Waals surface area contributed by atoms with E-state index in [1.54, 1.807) is 0 Å². The number of benzene rings is 1. The minimum Gasteiger partial charge on any atom is -0.487 e. The van der Waals surface area contributed by atoms with Crippen LogP contribution in [0.15, 0.2) is 35.6 Å². The zero-order valence-electron chi connectivity index (χ0n) is 20.6. The third-order valence-corrected chi connectivity index (χ3v) is 4.06. The first-order chi connectivity index (χ1) is 13.6. The molecule has 0 aliphatic heterocycles. The molecular weight excluding hydrogens is 363 g/mol. The lowest BCUT2D eigenvalue weighted by Crippen LogP contribution is -2.14. The van der Waals surface area contributed by atoms with Crippen LogP contribution in [0.3, 0.4) is 0 Å². The predicted octanol–water partition coefficient (Wildman–Crippen LogP) is 8.16. The number of rotatable bonds is 4. The first kappa shape index (κ1) is 29.6. The number of ether oxygens (including phenoxy) is 1. The molecule has 168 valence electrons. The predicted molar refractivity (Wildman–Crippen MR) is 125 cm³/mol. The molecule has 2 nitrogen and oxygen atoms in total. The molecule has 2 rings (SSSR count). The fourth-order valence-electron chi connectivity index (χ4n) is 2.44. The summed E-state index contributed by atoms with van der Waals surface area (Å²) in [5.41, 5.74) is 3.61. The van der Waals surface area contributed by atoms with Crippen molar-refractivity contribution < 1.29 is 13.9 Å². The molecule has 1 aromatic rings. The molecule has 1 saturated carbocycles. The summed E-state index contributed by atoms with van der Waals surface area (Å²) in [5.74, 6) is 1.22. The molecule has 0 heterocycles. The van der Waals surface area contributed by atoms with Crippen molar-refractivity contribution in [3.05, 3.63) is 46.7 Å². The molecule has 0 bridgehead atoms. The van der Waals surface area contributed by atoms with Crippen LogP contribution in [0.5, 0.6) is 0 Å². The van der Waals surface area contributed by atoms with Crippen LogP contribution in [0.2, 0.25) is 0 Å². The van der Waals surface area contributed by atoms with E-state index in [2.05, 4.69) is 58.9 Å². The Balaban J connectivity index is 0. The second-order valence-electron chi connectivity index (χ2n) is 8.06. The van der Waals surface area contributed by atoms with E-state index < -0.39 is 6.17 Å². The Bertz CT molecular complexity index is 549. The summed E-state index contributed by atoms with van der Waals surface area (Å²) >= 11 is 0. The standard InChI is InChI=1S/C12H19FO2.C8H10.C4H10.C2H6/c1-4-8(2)12(9(3)14)15-11-6-5-10(13)7-11;1-7-3-5-8(2)6-4-7;1-4(2)3;1-2/h10-11H,4-7H2,1-3H3;3-6H,1-2H3;4H,1-3H3;1-2H3/b12-8+;;;. The smallest absolute Gasteiger partial charge is 0.194 e. The van der Waals surface area contributed by atoms with Crippen molar-refractivity contribution in [1.29, 1.82) is 0 Å². The third kappa shape index (κ3) is 15.9. The Labute approximate surface area is 179 Å². The van der Waals surface area contributed by atoms with Crippen molar-refractivity contribution in [2.45, 2.75) is 107 Å². The summed E-state index contributed by atoms with van der Waals surface area (Å²) in [6.45, 7) is 20.1.